The summed E-state index contributed by atoms with van der Waals surface area (Å²) >= 11 is 3.22. The number of aromatic amines is 1. The second-order valence-electron chi connectivity index (χ2n) is 3.92. The Morgan fingerprint density at radius 1 is 1.56 bits per heavy atom. The lowest BCUT2D eigenvalue weighted by Gasteiger charge is -2.23. The molecule has 16 heavy (non-hydrogen) atoms. The van der Waals surface area contributed by atoms with E-state index in [1.807, 2.05) is 0 Å². The van der Waals surface area contributed by atoms with Crippen LogP contribution in [-0.2, 0) is 0 Å². The minimum Gasteiger partial charge on any atom is -0.367 e. The molecule has 6 heteroatoms. The number of nitrogens with zero attached hydrogens (tertiary/aromatic N) is 1. The van der Waals surface area contributed by atoms with Crippen LogP contribution in [0.5, 0.6) is 0 Å². The topological polar surface area (TPSA) is 69.8 Å². The van der Waals surface area contributed by atoms with Gasteiger partial charge >= 0.3 is 0 Å². The molecule has 5 nitrogen and oxygen atoms in total. The summed E-state index contributed by atoms with van der Waals surface area (Å²) in [5, 5.41) is 6.61. The molecule has 0 aromatic carbocycles. The van der Waals surface area contributed by atoms with Gasteiger partial charge in [-0.3, -0.25) is 4.79 Å². The predicted octanol–water partition coefficient (Wildman–Crippen LogP) is 1.09. The van der Waals surface area contributed by atoms with E-state index in [9.17, 15) is 4.79 Å². The van der Waals surface area contributed by atoms with Gasteiger partial charge in [-0.15, -0.1) is 0 Å². The van der Waals surface area contributed by atoms with Gasteiger partial charge in [-0.05, 0) is 35.3 Å². The highest BCUT2D eigenvalue weighted by atomic mass is 79.9. The van der Waals surface area contributed by atoms with Crippen molar-refractivity contribution in [2.45, 2.75) is 25.3 Å². The Bertz CT molecular complexity index is 400. The monoisotopic (exact) mass is 286 g/mol. The number of rotatable bonds is 3. The van der Waals surface area contributed by atoms with Gasteiger partial charge in [-0.1, -0.05) is 6.42 Å². The number of aromatic nitrogens is 2. The molecule has 1 fully saturated rings. The van der Waals surface area contributed by atoms with Gasteiger partial charge in [0.05, 0.1) is 6.33 Å². The van der Waals surface area contributed by atoms with Crippen molar-refractivity contribution in [3.8, 4) is 0 Å². The summed E-state index contributed by atoms with van der Waals surface area (Å²) < 4.78 is 0.464. The molecule has 1 aliphatic heterocycles. The maximum Gasteiger partial charge on any atom is 0.267 e. The molecule has 2 heterocycles. The van der Waals surface area contributed by atoms with Crippen molar-refractivity contribution in [3.05, 3.63) is 21.2 Å². The Morgan fingerprint density at radius 2 is 2.44 bits per heavy atom. The minimum absolute atomic E-state index is 0.158. The smallest absolute Gasteiger partial charge is 0.267 e. The van der Waals surface area contributed by atoms with Crippen molar-refractivity contribution in [3.63, 3.8) is 0 Å². The van der Waals surface area contributed by atoms with Gasteiger partial charge in [-0.25, -0.2) is 4.98 Å². The molecule has 0 radical (unpaired) electrons. The highest BCUT2D eigenvalue weighted by molar-refractivity contribution is 9.10. The average Bonchev–Trinajstić information content (AvgIpc) is 2.32. The predicted molar refractivity (Wildman–Crippen MR) is 66.7 cm³/mol. The van der Waals surface area contributed by atoms with Gasteiger partial charge in [0.15, 0.2) is 0 Å². The van der Waals surface area contributed by atoms with Crippen LogP contribution in [0.1, 0.15) is 19.3 Å². The van der Waals surface area contributed by atoms with Gasteiger partial charge in [0.25, 0.3) is 5.56 Å². The molecule has 3 N–H and O–H groups in total. The van der Waals surface area contributed by atoms with Gasteiger partial charge in [-0.2, -0.15) is 0 Å². The van der Waals surface area contributed by atoms with Gasteiger partial charge < -0.3 is 15.6 Å². The average molecular weight is 287 g/mol. The molecular weight excluding hydrogens is 272 g/mol. The third-order valence-electron chi connectivity index (χ3n) is 2.72. The van der Waals surface area contributed by atoms with Crippen molar-refractivity contribution in [1.82, 2.24) is 15.3 Å². The van der Waals surface area contributed by atoms with E-state index in [1.165, 1.54) is 25.6 Å². The molecule has 0 amide bonds. The molecule has 1 aromatic rings. The number of hydrogen-bond donors (Lipinski definition) is 3. The Labute approximate surface area is 102 Å². The molecule has 1 aliphatic rings. The molecule has 0 aliphatic carbocycles. The van der Waals surface area contributed by atoms with Crippen molar-refractivity contribution in [1.29, 1.82) is 0 Å². The fraction of sp³-hybridized carbons (Fsp3) is 0.600. The van der Waals surface area contributed by atoms with Crippen LogP contribution in [0.4, 0.5) is 5.82 Å². The van der Waals surface area contributed by atoms with E-state index < -0.39 is 0 Å². The SMILES string of the molecule is O=c1[nH]cnc(NCC2CCCCN2)c1Br. The zero-order valence-corrected chi connectivity index (χ0v) is 10.5. The molecule has 1 saturated heterocycles. The van der Waals surface area contributed by atoms with Crippen molar-refractivity contribution >= 4 is 21.7 Å². The van der Waals surface area contributed by atoms with E-state index in [1.54, 1.807) is 0 Å². The van der Waals surface area contributed by atoms with Gasteiger partial charge in [0.1, 0.15) is 10.3 Å². The van der Waals surface area contributed by atoms with E-state index in [4.69, 9.17) is 0 Å². The third kappa shape index (κ3) is 2.82. The number of nitrogens with one attached hydrogen (secondary N) is 3. The maximum atomic E-state index is 11.3. The summed E-state index contributed by atoms with van der Waals surface area (Å²) in [4.78, 5) is 17.9. The van der Waals surface area contributed by atoms with E-state index >= 15 is 0 Å². The van der Waals surface area contributed by atoms with Crippen molar-refractivity contribution < 1.29 is 0 Å². The molecule has 0 spiro atoms. The zero-order chi connectivity index (χ0) is 11.4. The number of H-pyrrole nitrogens is 1. The number of anilines is 1. The summed E-state index contributed by atoms with van der Waals surface area (Å²) in [6.07, 6.45) is 5.10. The largest absolute Gasteiger partial charge is 0.367 e. The van der Waals surface area contributed by atoms with Crippen LogP contribution >= 0.6 is 15.9 Å². The van der Waals surface area contributed by atoms with Crippen LogP contribution in [-0.4, -0.2) is 29.1 Å². The lowest BCUT2D eigenvalue weighted by molar-refractivity contribution is 0.414. The molecule has 1 unspecified atom stereocenters. The van der Waals surface area contributed by atoms with E-state index in [-0.39, 0.29) is 5.56 Å². The molecule has 88 valence electrons. The van der Waals surface area contributed by atoms with E-state index in [0.29, 0.717) is 16.3 Å². The highest BCUT2D eigenvalue weighted by Gasteiger charge is 2.13. The molecule has 1 aromatic heterocycles. The zero-order valence-electron chi connectivity index (χ0n) is 8.92. The fourth-order valence-electron chi connectivity index (χ4n) is 1.82. The summed E-state index contributed by atoms with van der Waals surface area (Å²) in [6, 6.07) is 0.474. The Hall–Kier alpha value is -0.880. The Balaban J connectivity index is 1.93. The second-order valence-corrected chi connectivity index (χ2v) is 4.71. The standard InChI is InChI=1S/C10H15BrN4O/c11-8-9(14-6-15-10(8)16)13-5-7-3-1-2-4-12-7/h6-7,12H,1-5H2,(H2,13,14,15,16). The van der Waals surface area contributed by atoms with Crippen LogP contribution in [0.2, 0.25) is 0 Å². The second kappa shape index (κ2) is 5.45. The van der Waals surface area contributed by atoms with E-state index in [0.717, 1.165) is 13.1 Å². The number of halogens is 1. The maximum absolute atomic E-state index is 11.3. The van der Waals surface area contributed by atoms with Gasteiger partial charge in [0, 0.05) is 12.6 Å². The first kappa shape index (κ1) is 11.6. The lowest BCUT2D eigenvalue weighted by Crippen LogP contribution is -2.39. The van der Waals surface area contributed by atoms with Crippen LogP contribution in [0.3, 0.4) is 0 Å². The van der Waals surface area contributed by atoms with Crippen molar-refractivity contribution in [2.24, 2.45) is 0 Å². The van der Waals surface area contributed by atoms with Gasteiger partial charge in [0.2, 0.25) is 0 Å². The highest BCUT2D eigenvalue weighted by Crippen LogP contribution is 2.14. The van der Waals surface area contributed by atoms with Crippen LogP contribution in [0, 0.1) is 0 Å². The number of hydrogen-bond acceptors (Lipinski definition) is 4. The lowest BCUT2D eigenvalue weighted by atomic mass is 10.1. The normalized spacial score (nSPS) is 20.7. The molecular formula is C10H15BrN4O. The Morgan fingerprint density at radius 3 is 3.19 bits per heavy atom. The Kier molecular flexibility index (Phi) is 3.95. The molecule has 1 atom stereocenters. The first-order valence-corrected chi connectivity index (χ1v) is 6.27. The number of piperidine rings is 1. The van der Waals surface area contributed by atoms with Crippen LogP contribution in [0.25, 0.3) is 0 Å². The minimum atomic E-state index is -0.158. The molecule has 0 bridgehead atoms. The summed E-state index contributed by atoms with van der Waals surface area (Å²) in [5.41, 5.74) is -0.158. The summed E-state index contributed by atoms with van der Waals surface area (Å²) in [7, 11) is 0. The fourth-order valence-corrected chi connectivity index (χ4v) is 2.18. The first-order chi connectivity index (χ1) is 7.77. The van der Waals surface area contributed by atoms with Crippen LogP contribution < -0.4 is 16.2 Å². The summed E-state index contributed by atoms with van der Waals surface area (Å²) in [6.45, 7) is 1.88. The molecule has 2 rings (SSSR count). The van der Waals surface area contributed by atoms with Crippen molar-refractivity contribution in [2.75, 3.05) is 18.4 Å². The van der Waals surface area contributed by atoms with E-state index in [2.05, 4.69) is 36.5 Å². The summed E-state index contributed by atoms with van der Waals surface area (Å²) in [5.74, 6) is 0.608. The third-order valence-corrected chi connectivity index (χ3v) is 3.46. The van der Waals surface area contributed by atoms with Crippen LogP contribution in [0.15, 0.2) is 15.6 Å². The first-order valence-electron chi connectivity index (χ1n) is 5.48. The molecule has 0 saturated carbocycles. The quantitative estimate of drug-likeness (QED) is 0.778.